The van der Waals surface area contributed by atoms with Gasteiger partial charge in [0.15, 0.2) is 7.14 Å². The lowest BCUT2D eigenvalue weighted by atomic mass is 10.1. The Kier molecular flexibility index (Phi) is 5.24. The lowest BCUT2D eigenvalue weighted by Crippen LogP contribution is -3.85. The second-order valence-electron chi connectivity index (χ2n) is 5.83. The highest BCUT2D eigenvalue weighted by atomic mass is 127. The summed E-state index contributed by atoms with van der Waals surface area (Å²) >= 11 is -2.63. The third kappa shape index (κ3) is 3.90. The predicted molar refractivity (Wildman–Crippen MR) is 102 cm³/mol. The molecule has 0 aliphatic rings. The largest absolute Gasteiger partial charge is 0.336 e. The van der Waals surface area contributed by atoms with E-state index in [1.54, 1.807) is 12.1 Å². The van der Waals surface area contributed by atoms with Gasteiger partial charge in [0.2, 0.25) is 0 Å². The molecule has 4 rings (SSSR count). The molecule has 0 N–H and O–H groups in total. The van der Waals surface area contributed by atoms with Crippen molar-refractivity contribution < 1.29 is 31.2 Å². The van der Waals surface area contributed by atoms with Gasteiger partial charge in [-0.25, -0.2) is 0 Å². The molecule has 4 aromatic rings. The van der Waals surface area contributed by atoms with Crippen molar-refractivity contribution in [3.63, 3.8) is 0 Å². The van der Waals surface area contributed by atoms with Crippen molar-refractivity contribution in [3.8, 4) is 0 Å². The Morgan fingerprint density at radius 1 is 0.593 bits per heavy atom. The van der Waals surface area contributed by atoms with Gasteiger partial charge in [0, 0.05) is 5.39 Å². The van der Waals surface area contributed by atoms with E-state index in [0.717, 1.165) is 12.5 Å². The minimum Gasteiger partial charge on any atom is -0.190 e. The Bertz CT molecular complexity index is 1120. The SMILES string of the molecule is O=S(=O)(O[I+](c1ccccc1)c1ccccc1)c1cccc2ccccc12. The van der Waals surface area contributed by atoms with E-state index in [2.05, 4.69) is 0 Å². The van der Waals surface area contributed by atoms with Crippen LogP contribution in [0.25, 0.3) is 10.8 Å². The van der Waals surface area contributed by atoms with Crippen molar-refractivity contribution in [2.75, 3.05) is 0 Å². The van der Waals surface area contributed by atoms with Crippen LogP contribution in [0.15, 0.2) is 108 Å². The zero-order valence-corrected chi connectivity index (χ0v) is 17.3. The lowest BCUT2D eigenvalue weighted by molar-refractivity contribution is -1.03. The zero-order chi connectivity index (χ0) is 18.7. The van der Waals surface area contributed by atoms with E-state index in [-0.39, 0.29) is 4.90 Å². The number of hydrogen-bond donors (Lipinski definition) is 0. The van der Waals surface area contributed by atoms with E-state index >= 15 is 0 Å². The van der Waals surface area contributed by atoms with E-state index in [1.165, 1.54) is 0 Å². The number of hydrogen-bond acceptors (Lipinski definition) is 3. The van der Waals surface area contributed by atoms with Crippen molar-refractivity contribution in [3.05, 3.63) is 110 Å². The first-order valence-electron chi connectivity index (χ1n) is 8.38. The molecular weight excluding hydrogens is 471 g/mol. The molecule has 135 valence electrons. The minimum atomic E-state index is -3.91. The van der Waals surface area contributed by atoms with Crippen LogP contribution < -0.4 is 20.2 Å². The Morgan fingerprint density at radius 3 is 1.74 bits per heavy atom. The first-order valence-corrected chi connectivity index (χ1v) is 12.8. The summed E-state index contributed by atoms with van der Waals surface area (Å²) in [6.07, 6.45) is 0. The fourth-order valence-electron chi connectivity index (χ4n) is 2.79. The van der Waals surface area contributed by atoms with Crippen molar-refractivity contribution in [2.45, 2.75) is 4.90 Å². The van der Waals surface area contributed by atoms with Crippen LogP contribution in [-0.2, 0) is 12.6 Å². The van der Waals surface area contributed by atoms with Gasteiger partial charge in [0.05, 0.1) is 0 Å². The number of halogens is 1. The first kappa shape index (κ1) is 18.2. The highest BCUT2D eigenvalue weighted by molar-refractivity contribution is 7.86. The molecule has 0 aliphatic heterocycles. The molecule has 0 atom stereocenters. The summed E-state index contributed by atoms with van der Waals surface area (Å²) in [6, 6.07) is 32.0. The van der Waals surface area contributed by atoms with Crippen LogP contribution in [0.3, 0.4) is 0 Å². The van der Waals surface area contributed by atoms with Gasteiger partial charge in [-0.2, -0.15) is 8.42 Å². The molecule has 3 nitrogen and oxygen atoms in total. The van der Waals surface area contributed by atoms with E-state index in [9.17, 15) is 8.42 Å². The minimum absolute atomic E-state index is 0.217. The molecule has 0 amide bonds. The van der Waals surface area contributed by atoms with Crippen molar-refractivity contribution in [1.82, 2.24) is 0 Å². The third-order valence-corrected chi connectivity index (χ3v) is 11.4. The Balaban J connectivity index is 1.81. The summed E-state index contributed by atoms with van der Waals surface area (Å²) in [6.45, 7) is 0. The third-order valence-electron chi connectivity index (χ3n) is 4.03. The maximum Gasteiger partial charge on any atom is 0.336 e. The lowest BCUT2D eigenvalue weighted by Gasteiger charge is -2.08. The molecule has 0 unspecified atom stereocenters. The van der Waals surface area contributed by atoms with Crippen molar-refractivity contribution in [2.24, 2.45) is 0 Å². The maximum atomic E-state index is 13.2. The Hall–Kier alpha value is -2.22. The van der Waals surface area contributed by atoms with Crippen LogP contribution in [0.1, 0.15) is 0 Å². The van der Waals surface area contributed by atoms with Gasteiger partial charge >= 0.3 is 30.4 Å². The fourth-order valence-corrected chi connectivity index (χ4v) is 9.97. The second kappa shape index (κ2) is 7.80. The number of fused-ring (bicyclic) bond motifs is 1. The quantitative estimate of drug-likeness (QED) is 0.403. The van der Waals surface area contributed by atoms with Gasteiger partial charge in [-0.1, -0.05) is 72.8 Å². The molecule has 27 heavy (non-hydrogen) atoms. The van der Waals surface area contributed by atoms with Crippen LogP contribution in [-0.4, -0.2) is 8.42 Å². The summed E-state index contributed by atoms with van der Waals surface area (Å²) in [5.41, 5.74) is 0. The summed E-state index contributed by atoms with van der Waals surface area (Å²) in [7, 11) is -3.91. The molecule has 0 aliphatic carbocycles. The Morgan fingerprint density at radius 2 is 1.11 bits per heavy atom. The van der Waals surface area contributed by atoms with Crippen LogP contribution in [0.5, 0.6) is 0 Å². The van der Waals surface area contributed by atoms with Gasteiger partial charge in [0.1, 0.15) is 4.90 Å². The van der Waals surface area contributed by atoms with E-state index < -0.39 is 30.4 Å². The van der Waals surface area contributed by atoms with E-state index in [0.29, 0.717) is 5.39 Å². The van der Waals surface area contributed by atoms with E-state index in [1.807, 2.05) is 91.0 Å². The number of benzene rings is 4. The molecule has 5 heteroatoms. The summed E-state index contributed by atoms with van der Waals surface area (Å²) in [5, 5.41) is 1.55. The second-order valence-corrected chi connectivity index (χ2v) is 12.3. The van der Waals surface area contributed by atoms with Crippen molar-refractivity contribution >= 4 is 20.9 Å². The molecule has 0 heterocycles. The monoisotopic (exact) mass is 488 g/mol. The molecule has 0 bridgehead atoms. The molecule has 0 saturated heterocycles. The molecule has 0 saturated carbocycles. The van der Waals surface area contributed by atoms with Gasteiger partial charge in [-0.3, -0.25) is 0 Å². The van der Waals surface area contributed by atoms with Crippen LogP contribution >= 0.6 is 0 Å². The highest BCUT2D eigenvalue weighted by Crippen LogP contribution is 2.23. The standard InChI is InChI=1S/C22H17IO3S/c24-27(25,22-17-9-11-18-10-7-8-16-21(18)22)26-23(19-12-3-1-4-13-19)20-14-5-2-6-15-20/h1-17H/q+1. The first-order chi connectivity index (χ1) is 13.1. The molecule has 0 aromatic heterocycles. The predicted octanol–water partition coefficient (Wildman–Crippen LogP) is 1.82. The zero-order valence-electron chi connectivity index (χ0n) is 14.3. The average Bonchev–Trinajstić information content (AvgIpc) is 2.73. The topological polar surface area (TPSA) is 43.4 Å². The molecule has 0 spiro atoms. The van der Waals surface area contributed by atoms with Gasteiger partial charge in [-0.05, 0) is 38.2 Å². The summed E-state index contributed by atoms with van der Waals surface area (Å²) < 4.78 is 34.3. The smallest absolute Gasteiger partial charge is 0.190 e. The molecule has 1 radical (unpaired) electrons. The van der Waals surface area contributed by atoms with Crippen LogP contribution in [0.4, 0.5) is 0 Å². The molecule has 4 aromatic carbocycles. The van der Waals surface area contributed by atoms with Gasteiger partial charge < -0.3 is 0 Å². The highest BCUT2D eigenvalue weighted by Gasteiger charge is 2.38. The van der Waals surface area contributed by atoms with Crippen molar-refractivity contribution in [1.29, 1.82) is 0 Å². The molecule has 0 fully saturated rings. The normalized spacial score (nSPS) is 11.7. The summed E-state index contributed by atoms with van der Waals surface area (Å²) in [5.74, 6) is 0. The van der Waals surface area contributed by atoms with Crippen LogP contribution in [0, 0.1) is 7.14 Å². The van der Waals surface area contributed by atoms with Gasteiger partial charge in [-0.15, -0.1) is 0 Å². The number of rotatable bonds is 5. The van der Waals surface area contributed by atoms with Crippen LogP contribution in [0.2, 0.25) is 0 Å². The maximum absolute atomic E-state index is 13.2. The average molecular weight is 488 g/mol. The van der Waals surface area contributed by atoms with E-state index in [4.69, 9.17) is 2.51 Å². The Labute approximate surface area is 166 Å². The van der Waals surface area contributed by atoms with Gasteiger partial charge in [0.25, 0.3) is 0 Å². The fraction of sp³-hybridized carbons (Fsp3) is 0. The molecular formula is C22H17IO3S+. The summed E-state index contributed by atoms with van der Waals surface area (Å²) in [4.78, 5) is 0.217.